The molecule has 0 bridgehead atoms. The Labute approximate surface area is 280 Å². The normalized spacial score (nSPS) is 14.2. The summed E-state index contributed by atoms with van der Waals surface area (Å²) in [5, 5.41) is 0.202. The standard InChI is InChI=1S/C31H30BrClN2O10S/c1-6-42-22-13-18(8-9-21(22)44-14-24(36)40-4)27-26(30(39)43-7-2)16(3)34-31-35(27)29(38)23(46-31)12-17-10-19(32)28(20(33)11-17)45-15-25(37)41-5/h8-13,27H,6-7,14-15H2,1-5H3/b23-12-/t27-/m1/s1. The first kappa shape index (κ1) is 34.7. The minimum Gasteiger partial charge on any atom is -0.490 e. The van der Waals surface area contributed by atoms with Gasteiger partial charge in [0, 0.05) is 0 Å². The van der Waals surface area contributed by atoms with Gasteiger partial charge in [-0.3, -0.25) is 9.36 Å². The summed E-state index contributed by atoms with van der Waals surface area (Å²) in [6, 6.07) is 7.28. The van der Waals surface area contributed by atoms with Crippen molar-refractivity contribution in [3.05, 3.63) is 81.9 Å². The molecule has 1 atom stereocenters. The van der Waals surface area contributed by atoms with Crippen molar-refractivity contribution in [3.63, 3.8) is 0 Å². The lowest BCUT2D eigenvalue weighted by Crippen LogP contribution is -2.40. The molecule has 0 fully saturated rings. The van der Waals surface area contributed by atoms with Crippen LogP contribution in [0.15, 0.2) is 55.9 Å². The third kappa shape index (κ3) is 7.62. The van der Waals surface area contributed by atoms with Crippen molar-refractivity contribution in [2.45, 2.75) is 26.8 Å². The van der Waals surface area contributed by atoms with Gasteiger partial charge in [0.05, 0.1) is 58.8 Å². The van der Waals surface area contributed by atoms with Crippen LogP contribution in [0.2, 0.25) is 5.02 Å². The highest BCUT2D eigenvalue weighted by Crippen LogP contribution is 2.37. The molecule has 0 unspecified atom stereocenters. The van der Waals surface area contributed by atoms with Crippen molar-refractivity contribution in [1.29, 1.82) is 0 Å². The quantitative estimate of drug-likeness (QED) is 0.200. The lowest BCUT2D eigenvalue weighted by atomic mass is 9.95. The molecule has 3 aromatic rings. The fourth-order valence-corrected chi connectivity index (χ4v) is 6.56. The van der Waals surface area contributed by atoms with Gasteiger partial charge in [-0.25, -0.2) is 19.4 Å². The van der Waals surface area contributed by atoms with E-state index in [2.05, 4.69) is 30.4 Å². The van der Waals surface area contributed by atoms with Gasteiger partial charge in [0.2, 0.25) is 0 Å². The van der Waals surface area contributed by atoms with E-state index in [-0.39, 0.29) is 48.5 Å². The molecule has 0 aliphatic carbocycles. The average molecular weight is 738 g/mol. The van der Waals surface area contributed by atoms with Crippen molar-refractivity contribution in [2.75, 3.05) is 40.6 Å². The van der Waals surface area contributed by atoms with Crippen molar-refractivity contribution in [3.8, 4) is 17.2 Å². The molecule has 1 aromatic heterocycles. The summed E-state index contributed by atoms with van der Waals surface area (Å²) in [7, 11) is 2.50. The van der Waals surface area contributed by atoms with Crippen LogP contribution in [0.1, 0.15) is 37.9 Å². The zero-order valence-corrected chi connectivity index (χ0v) is 28.7. The molecule has 0 radical (unpaired) electrons. The number of allylic oxidation sites excluding steroid dienone is 1. The van der Waals surface area contributed by atoms with Crippen LogP contribution in [0.25, 0.3) is 6.08 Å². The van der Waals surface area contributed by atoms with Crippen molar-refractivity contribution >= 4 is 62.9 Å². The first-order valence-corrected chi connectivity index (χ1v) is 15.9. The van der Waals surface area contributed by atoms with Crippen LogP contribution in [0.5, 0.6) is 17.2 Å². The predicted octanol–water partition coefficient (Wildman–Crippen LogP) is 3.72. The first-order chi connectivity index (χ1) is 22.0. The molecular weight excluding hydrogens is 708 g/mol. The average Bonchev–Trinajstić information content (AvgIpc) is 3.32. The maximum absolute atomic E-state index is 14.0. The van der Waals surface area contributed by atoms with Crippen LogP contribution in [-0.4, -0.2) is 63.1 Å². The summed E-state index contributed by atoms with van der Waals surface area (Å²) in [5.41, 5.74) is 1.25. The fraction of sp³-hybridized carbons (Fsp3) is 0.323. The van der Waals surface area contributed by atoms with Gasteiger partial charge in [-0.1, -0.05) is 29.0 Å². The Balaban J connectivity index is 1.85. The van der Waals surface area contributed by atoms with E-state index in [1.807, 2.05) is 0 Å². The van der Waals surface area contributed by atoms with E-state index in [0.29, 0.717) is 36.4 Å². The third-order valence-corrected chi connectivity index (χ3v) is 8.41. The SMILES string of the molecule is CCOC(=O)C1=C(C)N=c2s/c(=C\c3cc(Cl)c(OCC(=O)OC)c(Br)c3)c(=O)n2[C@@H]1c1ccc(OCC(=O)OC)c(OCC)c1. The number of ether oxygens (including phenoxy) is 6. The number of carbonyl (C=O) groups is 3. The Morgan fingerprint density at radius 1 is 1.00 bits per heavy atom. The number of rotatable bonds is 12. The van der Waals surface area contributed by atoms with E-state index in [9.17, 15) is 19.2 Å². The van der Waals surface area contributed by atoms with Gasteiger partial charge in [0.1, 0.15) is 0 Å². The molecule has 244 valence electrons. The molecule has 2 aromatic carbocycles. The second kappa shape index (κ2) is 15.4. The highest BCUT2D eigenvalue weighted by Gasteiger charge is 2.34. The number of halogens is 2. The Morgan fingerprint density at radius 3 is 2.33 bits per heavy atom. The van der Waals surface area contributed by atoms with Crippen LogP contribution in [0.4, 0.5) is 0 Å². The summed E-state index contributed by atoms with van der Waals surface area (Å²) in [5.74, 6) is -0.939. The first-order valence-electron chi connectivity index (χ1n) is 13.9. The second-order valence-electron chi connectivity index (χ2n) is 9.48. The number of nitrogens with zero attached hydrogens (tertiary/aromatic N) is 2. The third-order valence-electron chi connectivity index (χ3n) is 6.55. The van der Waals surface area contributed by atoms with E-state index in [0.717, 1.165) is 11.3 Å². The molecule has 2 heterocycles. The number of hydrogen-bond acceptors (Lipinski definition) is 12. The highest BCUT2D eigenvalue weighted by molar-refractivity contribution is 9.10. The minimum atomic E-state index is -0.921. The van der Waals surface area contributed by atoms with Gasteiger partial charge < -0.3 is 28.4 Å². The topological polar surface area (TPSA) is 141 Å². The van der Waals surface area contributed by atoms with Crippen LogP contribution in [0.3, 0.4) is 0 Å². The van der Waals surface area contributed by atoms with Crippen molar-refractivity contribution in [2.24, 2.45) is 4.99 Å². The Kier molecular flexibility index (Phi) is 11.7. The fourth-order valence-electron chi connectivity index (χ4n) is 4.53. The minimum absolute atomic E-state index is 0.117. The predicted molar refractivity (Wildman–Crippen MR) is 172 cm³/mol. The zero-order chi connectivity index (χ0) is 33.5. The Bertz CT molecular complexity index is 1860. The number of hydrogen-bond donors (Lipinski definition) is 0. The van der Waals surface area contributed by atoms with E-state index in [1.54, 1.807) is 57.2 Å². The highest BCUT2D eigenvalue weighted by atomic mass is 79.9. The molecule has 46 heavy (non-hydrogen) atoms. The number of thiazole rings is 1. The van der Waals surface area contributed by atoms with Gasteiger partial charge in [0.25, 0.3) is 5.56 Å². The van der Waals surface area contributed by atoms with Gasteiger partial charge in [-0.15, -0.1) is 0 Å². The molecule has 0 saturated heterocycles. The molecule has 1 aliphatic rings. The van der Waals surface area contributed by atoms with Gasteiger partial charge in [-0.05, 0) is 78.2 Å². The molecule has 4 rings (SSSR count). The molecule has 0 spiro atoms. The van der Waals surface area contributed by atoms with Gasteiger partial charge in [-0.2, -0.15) is 0 Å². The number of carbonyl (C=O) groups excluding carboxylic acids is 3. The molecule has 0 saturated carbocycles. The van der Waals surface area contributed by atoms with Gasteiger partial charge >= 0.3 is 17.9 Å². The lowest BCUT2D eigenvalue weighted by molar-refractivity contribution is -0.143. The summed E-state index contributed by atoms with van der Waals surface area (Å²) in [6.07, 6.45) is 1.64. The van der Waals surface area contributed by atoms with Crippen LogP contribution in [0, 0.1) is 0 Å². The number of esters is 3. The summed E-state index contributed by atoms with van der Waals surface area (Å²) in [4.78, 5) is 55.5. The monoisotopic (exact) mass is 736 g/mol. The molecule has 0 N–H and O–H groups in total. The Morgan fingerprint density at radius 2 is 1.70 bits per heavy atom. The van der Waals surface area contributed by atoms with Crippen molar-refractivity contribution in [1.82, 2.24) is 4.57 Å². The van der Waals surface area contributed by atoms with Gasteiger partial charge in [0.15, 0.2) is 35.3 Å². The van der Waals surface area contributed by atoms with Crippen LogP contribution < -0.4 is 29.1 Å². The maximum Gasteiger partial charge on any atom is 0.343 e. The smallest absolute Gasteiger partial charge is 0.343 e. The Hall–Kier alpha value is -4.14. The molecular formula is C31H30BrClN2O10S. The molecule has 12 nitrogen and oxygen atoms in total. The summed E-state index contributed by atoms with van der Waals surface area (Å²) >= 11 is 11.0. The van der Waals surface area contributed by atoms with Crippen LogP contribution in [-0.2, 0) is 28.6 Å². The summed E-state index contributed by atoms with van der Waals surface area (Å²) < 4.78 is 33.7. The van der Waals surface area contributed by atoms with E-state index in [4.69, 9.17) is 30.5 Å². The molecule has 15 heteroatoms. The molecule has 0 amide bonds. The number of aromatic nitrogens is 1. The number of methoxy groups -OCH3 is 2. The maximum atomic E-state index is 14.0. The van der Waals surface area contributed by atoms with E-state index in [1.165, 1.54) is 18.8 Å². The van der Waals surface area contributed by atoms with E-state index >= 15 is 0 Å². The number of fused-ring (bicyclic) bond motifs is 1. The van der Waals surface area contributed by atoms with E-state index < -0.39 is 29.5 Å². The molecule has 1 aliphatic heterocycles. The zero-order valence-electron chi connectivity index (χ0n) is 25.5. The summed E-state index contributed by atoms with van der Waals surface area (Å²) in [6.45, 7) is 4.88. The number of benzene rings is 2. The second-order valence-corrected chi connectivity index (χ2v) is 11.8. The van der Waals surface area contributed by atoms with Crippen molar-refractivity contribution < 1.29 is 42.8 Å². The largest absolute Gasteiger partial charge is 0.490 e. The lowest BCUT2D eigenvalue weighted by Gasteiger charge is -2.25. The van der Waals surface area contributed by atoms with Crippen LogP contribution >= 0.6 is 38.9 Å².